The molecule has 1 aromatic carbocycles. The highest BCUT2D eigenvalue weighted by molar-refractivity contribution is 7.80. The number of ether oxygens (including phenoxy) is 6. The summed E-state index contributed by atoms with van der Waals surface area (Å²) in [6.45, 7) is 3.33. The molecule has 1 heterocycles. The summed E-state index contributed by atoms with van der Waals surface area (Å²) in [6, 6.07) is 6.82. The van der Waals surface area contributed by atoms with Crippen LogP contribution in [0.1, 0.15) is 20.8 Å². The van der Waals surface area contributed by atoms with Crippen LogP contribution in [0.15, 0.2) is 24.3 Å². The van der Waals surface area contributed by atoms with Gasteiger partial charge >= 0.3 is 23.9 Å². The zero-order valence-electron chi connectivity index (χ0n) is 19.2. The van der Waals surface area contributed by atoms with Crippen LogP contribution in [0.4, 0.5) is 5.69 Å². The van der Waals surface area contributed by atoms with Gasteiger partial charge in [-0.1, -0.05) is 0 Å². The second kappa shape index (κ2) is 12.1. The number of methoxy groups -OCH3 is 2. The Bertz CT molecular complexity index is 923. The fraction of sp³-hybridized carbons (Fsp3) is 0.476. The van der Waals surface area contributed by atoms with Crippen molar-refractivity contribution >= 4 is 46.9 Å². The highest BCUT2D eigenvalue weighted by atomic mass is 32.1. The molecule has 186 valence electrons. The molecule has 0 aliphatic carbocycles. The van der Waals surface area contributed by atoms with Crippen molar-refractivity contribution in [3.8, 4) is 5.75 Å². The number of esters is 4. The maximum absolute atomic E-state index is 12.4. The molecule has 1 aliphatic rings. The van der Waals surface area contributed by atoms with Crippen LogP contribution in [0.2, 0.25) is 0 Å². The van der Waals surface area contributed by atoms with Gasteiger partial charge in [0.25, 0.3) is 0 Å². The Morgan fingerprint density at radius 1 is 0.853 bits per heavy atom. The van der Waals surface area contributed by atoms with Crippen molar-refractivity contribution in [1.82, 2.24) is 5.32 Å². The first-order chi connectivity index (χ1) is 16.0. The van der Waals surface area contributed by atoms with Crippen LogP contribution in [0.25, 0.3) is 0 Å². The lowest BCUT2D eigenvalue weighted by atomic mass is 9.97. The van der Waals surface area contributed by atoms with Gasteiger partial charge in [0.05, 0.1) is 14.2 Å². The SMILES string of the molecule is COC(=O)[C@H]1O[C@@H](NC(=S)Nc2ccc(OC)cc2)[C@H](OC(C)=O)[C@@H](OC(C)=O)[C@@H]1OC(C)=O. The second-order valence-corrected chi connectivity index (χ2v) is 7.46. The van der Waals surface area contributed by atoms with Crippen LogP contribution in [0.5, 0.6) is 5.75 Å². The second-order valence-electron chi connectivity index (χ2n) is 7.05. The molecule has 2 N–H and O–H groups in total. The normalized spacial score (nSPS) is 23.6. The van der Waals surface area contributed by atoms with E-state index < -0.39 is 54.5 Å². The predicted molar refractivity (Wildman–Crippen MR) is 120 cm³/mol. The van der Waals surface area contributed by atoms with Gasteiger partial charge < -0.3 is 39.1 Å². The maximum atomic E-state index is 12.4. The minimum Gasteiger partial charge on any atom is -0.497 e. The number of carbonyl (C=O) groups is 4. The van der Waals surface area contributed by atoms with Gasteiger partial charge in [-0.25, -0.2) is 4.79 Å². The first kappa shape index (κ1) is 26.8. The van der Waals surface area contributed by atoms with E-state index in [4.69, 9.17) is 40.6 Å². The minimum atomic E-state index is -1.52. The van der Waals surface area contributed by atoms with Crippen molar-refractivity contribution in [3.05, 3.63) is 24.3 Å². The molecule has 1 saturated heterocycles. The summed E-state index contributed by atoms with van der Waals surface area (Å²) >= 11 is 5.32. The van der Waals surface area contributed by atoms with Crippen molar-refractivity contribution in [2.45, 2.75) is 51.4 Å². The molecule has 0 unspecified atom stereocenters. The van der Waals surface area contributed by atoms with Gasteiger partial charge in [0, 0.05) is 26.5 Å². The zero-order valence-corrected chi connectivity index (χ0v) is 20.0. The summed E-state index contributed by atoms with van der Waals surface area (Å²) in [6.07, 6.45) is -7.03. The summed E-state index contributed by atoms with van der Waals surface area (Å²) < 4.78 is 31.4. The number of carbonyl (C=O) groups excluding carboxylic acids is 4. The number of benzene rings is 1. The molecule has 5 atom stereocenters. The van der Waals surface area contributed by atoms with Crippen LogP contribution >= 0.6 is 12.2 Å². The smallest absolute Gasteiger partial charge is 0.339 e. The third kappa shape index (κ3) is 7.28. The summed E-state index contributed by atoms with van der Waals surface area (Å²) in [7, 11) is 2.64. The van der Waals surface area contributed by atoms with E-state index in [-0.39, 0.29) is 5.11 Å². The average molecular weight is 499 g/mol. The Hall–Kier alpha value is -3.45. The van der Waals surface area contributed by atoms with E-state index in [1.54, 1.807) is 24.3 Å². The fourth-order valence-corrected chi connectivity index (χ4v) is 3.44. The molecule has 1 aliphatic heterocycles. The van der Waals surface area contributed by atoms with Gasteiger partial charge in [0.1, 0.15) is 5.75 Å². The van der Waals surface area contributed by atoms with E-state index in [1.165, 1.54) is 7.11 Å². The largest absolute Gasteiger partial charge is 0.497 e. The first-order valence-corrected chi connectivity index (χ1v) is 10.4. The van der Waals surface area contributed by atoms with Crippen LogP contribution in [-0.4, -0.2) is 73.9 Å². The third-order valence-electron chi connectivity index (χ3n) is 4.50. The quantitative estimate of drug-likeness (QED) is 0.309. The third-order valence-corrected chi connectivity index (χ3v) is 4.72. The molecule has 0 saturated carbocycles. The van der Waals surface area contributed by atoms with Crippen LogP contribution in [0, 0.1) is 0 Å². The van der Waals surface area contributed by atoms with E-state index in [9.17, 15) is 19.2 Å². The number of nitrogens with one attached hydrogen (secondary N) is 2. The lowest BCUT2D eigenvalue weighted by molar-refractivity contribution is -0.250. The van der Waals surface area contributed by atoms with Gasteiger partial charge in [0.15, 0.2) is 35.8 Å². The van der Waals surface area contributed by atoms with E-state index in [2.05, 4.69) is 10.6 Å². The Morgan fingerprint density at radius 3 is 1.88 bits per heavy atom. The van der Waals surface area contributed by atoms with Gasteiger partial charge in [-0.2, -0.15) is 0 Å². The Kier molecular flexibility index (Phi) is 9.57. The van der Waals surface area contributed by atoms with Gasteiger partial charge in [-0.05, 0) is 36.5 Å². The average Bonchev–Trinajstić information content (AvgIpc) is 2.76. The molecule has 1 fully saturated rings. The highest BCUT2D eigenvalue weighted by Crippen LogP contribution is 2.29. The summed E-state index contributed by atoms with van der Waals surface area (Å²) in [5.74, 6) is -2.58. The van der Waals surface area contributed by atoms with Crippen molar-refractivity contribution in [2.75, 3.05) is 19.5 Å². The number of anilines is 1. The number of thiocarbonyl (C=S) groups is 1. The van der Waals surface area contributed by atoms with Crippen molar-refractivity contribution in [2.24, 2.45) is 0 Å². The van der Waals surface area contributed by atoms with Crippen molar-refractivity contribution in [1.29, 1.82) is 0 Å². The van der Waals surface area contributed by atoms with E-state index >= 15 is 0 Å². The number of rotatable bonds is 7. The molecule has 2 rings (SSSR count). The summed E-state index contributed by atoms with van der Waals surface area (Å²) in [5.41, 5.74) is 0.594. The maximum Gasteiger partial charge on any atom is 0.339 e. The fourth-order valence-electron chi connectivity index (χ4n) is 3.20. The molecule has 1 aromatic rings. The van der Waals surface area contributed by atoms with Crippen LogP contribution in [-0.2, 0) is 42.9 Å². The summed E-state index contributed by atoms with van der Waals surface area (Å²) in [4.78, 5) is 47.8. The molecule has 34 heavy (non-hydrogen) atoms. The predicted octanol–water partition coefficient (Wildman–Crippen LogP) is 0.675. The molecule has 0 radical (unpaired) electrons. The lowest BCUT2D eigenvalue weighted by Gasteiger charge is -2.43. The zero-order chi connectivity index (χ0) is 25.4. The van der Waals surface area contributed by atoms with E-state index in [1.807, 2.05) is 0 Å². The van der Waals surface area contributed by atoms with Crippen LogP contribution in [0.3, 0.4) is 0 Å². The topological polar surface area (TPSA) is 148 Å². The molecule has 12 nitrogen and oxygen atoms in total. The molecular weight excluding hydrogens is 472 g/mol. The van der Waals surface area contributed by atoms with E-state index in [0.717, 1.165) is 27.9 Å². The Morgan fingerprint density at radius 2 is 1.38 bits per heavy atom. The van der Waals surface area contributed by atoms with Crippen molar-refractivity contribution in [3.63, 3.8) is 0 Å². The molecule has 0 amide bonds. The lowest BCUT2D eigenvalue weighted by Crippen LogP contribution is -2.67. The van der Waals surface area contributed by atoms with E-state index in [0.29, 0.717) is 11.4 Å². The molecule has 0 aromatic heterocycles. The monoisotopic (exact) mass is 498 g/mol. The Labute approximate surface area is 201 Å². The Balaban J connectivity index is 2.36. The molecule has 13 heteroatoms. The number of hydrogen-bond acceptors (Lipinski definition) is 11. The molecule has 0 bridgehead atoms. The van der Waals surface area contributed by atoms with Gasteiger partial charge in [0.2, 0.25) is 0 Å². The molecular formula is C21H26N2O10S. The van der Waals surface area contributed by atoms with Crippen molar-refractivity contribution < 1.29 is 47.6 Å². The highest BCUT2D eigenvalue weighted by Gasteiger charge is 2.55. The molecule has 0 spiro atoms. The van der Waals surface area contributed by atoms with Gasteiger partial charge in [-0.3, -0.25) is 14.4 Å². The standard InChI is InChI=1S/C21H26N2O10S/c1-10(24)30-15-16(31-11(2)25)18(20(27)29-5)33-19(17(15)32-12(3)26)23-21(34)22-13-6-8-14(28-4)9-7-13/h6-9,15-19H,1-5H3,(H2,22,23,34)/t15-,16-,17+,18-,19+/m0/s1. The minimum absolute atomic E-state index is 0.0310. The first-order valence-electron chi connectivity index (χ1n) is 10.0. The van der Waals surface area contributed by atoms with Gasteiger partial charge in [-0.15, -0.1) is 0 Å². The van der Waals surface area contributed by atoms with Crippen LogP contribution < -0.4 is 15.4 Å². The number of hydrogen-bond donors (Lipinski definition) is 2. The summed E-state index contributed by atoms with van der Waals surface area (Å²) in [5, 5.41) is 5.72.